The van der Waals surface area contributed by atoms with Gasteiger partial charge in [0.25, 0.3) is 5.91 Å². The topological polar surface area (TPSA) is 46.9 Å². The summed E-state index contributed by atoms with van der Waals surface area (Å²) in [5.41, 5.74) is 0.117. The lowest BCUT2D eigenvalue weighted by atomic mass is 10.1. The summed E-state index contributed by atoms with van der Waals surface area (Å²) in [5, 5.41) is 7.09. The molecule has 2 aromatic rings. The number of nitrogens with one attached hydrogen (secondary N) is 1. The van der Waals surface area contributed by atoms with E-state index in [1.54, 1.807) is 10.7 Å². The number of rotatable bonds is 3. The highest BCUT2D eigenvalue weighted by Crippen LogP contribution is 2.40. The maximum Gasteiger partial charge on any atom is 0.416 e. The fraction of sp³-hybridized carbons (Fsp3) is 0.444. The van der Waals surface area contributed by atoms with E-state index in [1.165, 1.54) is 12.1 Å². The van der Waals surface area contributed by atoms with E-state index in [-0.39, 0.29) is 5.69 Å². The fourth-order valence-electron chi connectivity index (χ4n) is 2.62. The highest BCUT2D eigenvalue weighted by atomic mass is 19.4. The number of benzene rings is 1. The molecule has 1 amide bonds. The van der Waals surface area contributed by atoms with Crippen molar-refractivity contribution in [3.8, 4) is 0 Å². The Balaban J connectivity index is 1.89. The van der Waals surface area contributed by atoms with Crippen LogP contribution >= 0.6 is 0 Å². The van der Waals surface area contributed by atoms with Crippen LogP contribution in [0.2, 0.25) is 0 Å². The minimum Gasteiger partial charge on any atom is -0.321 e. The first-order valence-corrected chi connectivity index (χ1v) is 8.15. The summed E-state index contributed by atoms with van der Waals surface area (Å²) >= 11 is 0. The summed E-state index contributed by atoms with van der Waals surface area (Å²) in [6.07, 6.45) is -2.35. The van der Waals surface area contributed by atoms with Gasteiger partial charge < -0.3 is 5.32 Å². The monoisotopic (exact) mass is 351 g/mol. The number of carbonyl (C=O) groups is 1. The van der Waals surface area contributed by atoms with E-state index in [2.05, 4.69) is 10.4 Å². The molecule has 1 aromatic carbocycles. The van der Waals surface area contributed by atoms with E-state index in [1.807, 2.05) is 20.8 Å². The van der Waals surface area contributed by atoms with Gasteiger partial charge in [-0.15, -0.1) is 0 Å². The van der Waals surface area contributed by atoms with Gasteiger partial charge in [-0.2, -0.15) is 18.3 Å². The van der Waals surface area contributed by atoms with Gasteiger partial charge >= 0.3 is 6.18 Å². The third-order valence-electron chi connectivity index (χ3n) is 4.04. The number of aromatic nitrogens is 2. The zero-order valence-electron chi connectivity index (χ0n) is 14.3. The molecule has 0 radical (unpaired) electrons. The van der Waals surface area contributed by atoms with Crippen molar-refractivity contribution in [2.45, 2.75) is 51.2 Å². The first-order chi connectivity index (χ1) is 11.6. The second-order valence-electron chi connectivity index (χ2n) is 7.34. The predicted octanol–water partition coefficient (Wildman–Crippen LogP) is 4.79. The molecule has 0 unspecified atom stereocenters. The van der Waals surface area contributed by atoms with Crippen molar-refractivity contribution < 1.29 is 18.0 Å². The molecule has 3 rings (SSSR count). The Morgan fingerprint density at radius 3 is 2.44 bits per heavy atom. The average molecular weight is 351 g/mol. The van der Waals surface area contributed by atoms with Crippen LogP contribution in [-0.2, 0) is 11.7 Å². The second kappa shape index (κ2) is 5.89. The number of hydrogen-bond acceptors (Lipinski definition) is 2. The van der Waals surface area contributed by atoms with Crippen molar-refractivity contribution in [2.75, 3.05) is 5.32 Å². The van der Waals surface area contributed by atoms with Crippen LogP contribution in [-0.4, -0.2) is 15.7 Å². The third-order valence-corrected chi connectivity index (χ3v) is 4.04. The van der Waals surface area contributed by atoms with E-state index in [0.717, 1.165) is 30.7 Å². The van der Waals surface area contributed by atoms with Crippen LogP contribution < -0.4 is 5.32 Å². The molecular formula is C18H20F3N3O. The van der Waals surface area contributed by atoms with Crippen LogP contribution in [0.15, 0.2) is 30.3 Å². The van der Waals surface area contributed by atoms with E-state index >= 15 is 0 Å². The number of nitrogens with zero attached hydrogens (tertiary/aromatic N) is 2. The van der Waals surface area contributed by atoms with Crippen molar-refractivity contribution in [3.63, 3.8) is 0 Å². The quantitative estimate of drug-likeness (QED) is 0.864. The van der Waals surface area contributed by atoms with Crippen LogP contribution in [0.4, 0.5) is 18.9 Å². The molecule has 4 nitrogen and oxygen atoms in total. The van der Waals surface area contributed by atoms with E-state index in [4.69, 9.17) is 0 Å². The lowest BCUT2D eigenvalue weighted by molar-refractivity contribution is -0.137. The van der Waals surface area contributed by atoms with Crippen LogP contribution in [0, 0.1) is 0 Å². The number of carbonyl (C=O) groups excluding carboxylic acids is 1. The van der Waals surface area contributed by atoms with Gasteiger partial charge in [-0.1, -0.05) is 6.07 Å². The number of anilines is 1. The summed E-state index contributed by atoms with van der Waals surface area (Å²) in [5.74, 6) is -0.0858. The normalized spacial score (nSPS) is 15.3. The Morgan fingerprint density at radius 2 is 1.88 bits per heavy atom. The number of halogens is 3. The number of amides is 1. The zero-order chi connectivity index (χ0) is 18.4. The first kappa shape index (κ1) is 17.5. The summed E-state index contributed by atoms with van der Waals surface area (Å²) in [6.45, 7) is 5.78. The largest absolute Gasteiger partial charge is 0.416 e. The van der Waals surface area contributed by atoms with Crippen molar-refractivity contribution in [1.29, 1.82) is 0 Å². The summed E-state index contributed by atoms with van der Waals surface area (Å²) in [4.78, 5) is 12.6. The Morgan fingerprint density at radius 1 is 1.20 bits per heavy atom. The van der Waals surface area contributed by atoms with Gasteiger partial charge in [0.05, 0.1) is 16.8 Å². The van der Waals surface area contributed by atoms with Crippen LogP contribution in [0.5, 0.6) is 0 Å². The standard InChI is InChI=1S/C18H20F3N3O/c1-17(2,3)24-15(10-14(23-24)11-7-8-11)16(25)22-13-6-4-5-12(9-13)18(19,20)21/h4-6,9-11H,7-8H2,1-3H3,(H,22,25). The number of hydrogen-bond donors (Lipinski definition) is 1. The van der Waals surface area contributed by atoms with E-state index in [0.29, 0.717) is 11.6 Å². The Labute approximate surface area is 144 Å². The Bertz CT molecular complexity index is 799. The maximum atomic E-state index is 12.8. The molecule has 0 aliphatic heterocycles. The van der Waals surface area contributed by atoms with Gasteiger partial charge in [-0.3, -0.25) is 9.48 Å². The molecule has 0 saturated heterocycles. The van der Waals surface area contributed by atoms with Crippen LogP contribution in [0.1, 0.15) is 61.3 Å². The molecule has 1 aliphatic carbocycles. The average Bonchev–Trinajstić information content (AvgIpc) is 3.23. The molecule has 1 aromatic heterocycles. The summed E-state index contributed by atoms with van der Waals surface area (Å²) in [6, 6.07) is 6.35. The van der Waals surface area contributed by atoms with Crippen molar-refractivity contribution >= 4 is 11.6 Å². The van der Waals surface area contributed by atoms with Crippen LogP contribution in [0.25, 0.3) is 0 Å². The van der Waals surface area contributed by atoms with Gasteiger partial charge in [0.15, 0.2) is 0 Å². The van der Waals surface area contributed by atoms with Crippen molar-refractivity contribution in [2.24, 2.45) is 0 Å². The van der Waals surface area contributed by atoms with Crippen molar-refractivity contribution in [3.05, 3.63) is 47.3 Å². The molecule has 0 bridgehead atoms. The molecule has 0 spiro atoms. The summed E-state index contributed by atoms with van der Waals surface area (Å²) in [7, 11) is 0. The molecule has 1 N–H and O–H groups in total. The molecule has 1 saturated carbocycles. The van der Waals surface area contributed by atoms with E-state index < -0.39 is 23.2 Å². The maximum absolute atomic E-state index is 12.8. The van der Waals surface area contributed by atoms with Gasteiger partial charge in [-0.25, -0.2) is 0 Å². The lowest BCUT2D eigenvalue weighted by Gasteiger charge is -2.22. The highest BCUT2D eigenvalue weighted by Gasteiger charge is 2.32. The molecular weight excluding hydrogens is 331 g/mol. The van der Waals surface area contributed by atoms with Crippen LogP contribution in [0.3, 0.4) is 0 Å². The predicted molar refractivity (Wildman–Crippen MR) is 88.6 cm³/mol. The molecule has 134 valence electrons. The molecule has 1 fully saturated rings. The highest BCUT2D eigenvalue weighted by molar-refractivity contribution is 6.03. The zero-order valence-corrected chi connectivity index (χ0v) is 14.3. The van der Waals surface area contributed by atoms with Gasteiger partial charge in [-0.05, 0) is 57.9 Å². The minimum absolute atomic E-state index is 0.106. The van der Waals surface area contributed by atoms with Gasteiger partial charge in [0.2, 0.25) is 0 Å². The number of alkyl halides is 3. The van der Waals surface area contributed by atoms with E-state index in [9.17, 15) is 18.0 Å². The molecule has 25 heavy (non-hydrogen) atoms. The van der Waals surface area contributed by atoms with Gasteiger partial charge in [0, 0.05) is 11.6 Å². The molecule has 7 heteroatoms. The molecule has 1 aliphatic rings. The smallest absolute Gasteiger partial charge is 0.321 e. The van der Waals surface area contributed by atoms with Gasteiger partial charge in [0.1, 0.15) is 5.69 Å². The molecule has 0 atom stereocenters. The molecule has 1 heterocycles. The van der Waals surface area contributed by atoms with Crippen molar-refractivity contribution in [1.82, 2.24) is 9.78 Å². The first-order valence-electron chi connectivity index (χ1n) is 8.15. The SMILES string of the molecule is CC(C)(C)n1nc(C2CC2)cc1C(=O)Nc1cccc(C(F)(F)F)c1. The Hall–Kier alpha value is -2.31. The lowest BCUT2D eigenvalue weighted by Crippen LogP contribution is -2.29. The minimum atomic E-state index is -4.45. The second-order valence-corrected chi connectivity index (χ2v) is 7.34. The Kier molecular flexibility index (Phi) is 4.13. The fourth-order valence-corrected chi connectivity index (χ4v) is 2.62. The third kappa shape index (κ3) is 3.86. The summed E-state index contributed by atoms with van der Waals surface area (Å²) < 4.78 is 40.1.